The average molecular weight is 371 g/mol. The van der Waals surface area contributed by atoms with E-state index in [4.69, 9.17) is 4.74 Å². The van der Waals surface area contributed by atoms with Gasteiger partial charge in [0.1, 0.15) is 5.60 Å². The molecule has 0 radical (unpaired) electrons. The Morgan fingerprint density at radius 1 is 1.24 bits per heavy atom. The molecule has 1 amide bonds. The van der Waals surface area contributed by atoms with Crippen molar-refractivity contribution in [1.82, 2.24) is 10.2 Å². The molecule has 0 saturated carbocycles. The van der Waals surface area contributed by atoms with Crippen molar-refractivity contribution in [1.29, 1.82) is 0 Å². The molecule has 6 nitrogen and oxygen atoms in total. The van der Waals surface area contributed by atoms with Crippen molar-refractivity contribution in [3.05, 3.63) is 29.8 Å². The van der Waals surface area contributed by atoms with Gasteiger partial charge >= 0.3 is 6.09 Å². The van der Waals surface area contributed by atoms with E-state index in [2.05, 4.69) is 5.32 Å². The van der Waals surface area contributed by atoms with Crippen LogP contribution in [-0.2, 0) is 14.6 Å². The van der Waals surface area contributed by atoms with Gasteiger partial charge in [0.05, 0.1) is 4.90 Å². The fraction of sp³-hybridized carbons (Fsp3) is 0.611. The Bertz CT molecular complexity index is 663. The lowest BCUT2D eigenvalue weighted by Gasteiger charge is -2.27. The summed E-state index contributed by atoms with van der Waals surface area (Å²) in [5.41, 5.74) is 0.486. The van der Waals surface area contributed by atoms with Gasteiger partial charge in [-0.2, -0.15) is 0 Å². The maximum atomic E-state index is 12.1. The minimum absolute atomic E-state index is 0.0472. The standard InChI is InChI=1S/C18H30N2O4S/c1-7-20(17(21)24-18(3,4)5)13-12-19-14(2)15-8-10-16(11-9-15)25(6,22)23/h8-11,14,19H,7,12-13H2,1-6H3. The number of ether oxygens (including phenoxy) is 1. The summed E-state index contributed by atoms with van der Waals surface area (Å²) in [6, 6.07) is 6.88. The lowest BCUT2D eigenvalue weighted by molar-refractivity contribution is 0.0261. The predicted molar refractivity (Wildman–Crippen MR) is 99.5 cm³/mol. The number of sulfone groups is 1. The summed E-state index contributed by atoms with van der Waals surface area (Å²) in [5, 5.41) is 3.34. The fourth-order valence-electron chi connectivity index (χ4n) is 2.24. The lowest BCUT2D eigenvalue weighted by atomic mass is 10.1. The molecular formula is C18H30N2O4S. The zero-order chi connectivity index (χ0) is 19.3. The topological polar surface area (TPSA) is 75.7 Å². The monoisotopic (exact) mass is 370 g/mol. The second-order valence-electron chi connectivity index (χ2n) is 7.08. The van der Waals surface area contributed by atoms with E-state index in [0.717, 1.165) is 5.56 Å². The van der Waals surface area contributed by atoms with Crippen molar-refractivity contribution in [2.45, 2.75) is 51.2 Å². The number of carbonyl (C=O) groups excluding carboxylic acids is 1. The second-order valence-corrected chi connectivity index (χ2v) is 9.09. The summed E-state index contributed by atoms with van der Waals surface area (Å²) in [4.78, 5) is 14.0. The Morgan fingerprint density at radius 2 is 1.80 bits per heavy atom. The fourth-order valence-corrected chi connectivity index (χ4v) is 2.87. The van der Waals surface area contributed by atoms with E-state index in [-0.39, 0.29) is 12.1 Å². The first-order valence-corrected chi connectivity index (χ1v) is 10.3. The van der Waals surface area contributed by atoms with E-state index in [0.29, 0.717) is 24.5 Å². The summed E-state index contributed by atoms with van der Waals surface area (Å²) in [7, 11) is -3.18. The van der Waals surface area contributed by atoms with E-state index in [1.165, 1.54) is 6.26 Å². The quantitative estimate of drug-likeness (QED) is 0.798. The highest BCUT2D eigenvalue weighted by molar-refractivity contribution is 7.90. The number of nitrogens with one attached hydrogen (secondary N) is 1. The molecule has 0 aromatic heterocycles. The van der Waals surface area contributed by atoms with Crippen molar-refractivity contribution in [2.75, 3.05) is 25.9 Å². The van der Waals surface area contributed by atoms with E-state index in [1.54, 1.807) is 29.2 Å². The van der Waals surface area contributed by atoms with Gasteiger partial charge < -0.3 is 15.0 Å². The molecular weight excluding hydrogens is 340 g/mol. The molecule has 0 heterocycles. The first-order chi connectivity index (χ1) is 11.4. The highest BCUT2D eigenvalue weighted by Crippen LogP contribution is 2.16. The molecule has 0 saturated heterocycles. The molecule has 0 spiro atoms. The van der Waals surface area contributed by atoms with Gasteiger partial charge in [-0.05, 0) is 52.3 Å². The Morgan fingerprint density at radius 3 is 2.24 bits per heavy atom. The number of amides is 1. The van der Waals surface area contributed by atoms with Crippen LogP contribution in [0.5, 0.6) is 0 Å². The summed E-state index contributed by atoms with van der Waals surface area (Å²) in [6.07, 6.45) is 0.877. The zero-order valence-electron chi connectivity index (χ0n) is 16.0. The van der Waals surface area contributed by atoms with Gasteiger partial charge in [0.15, 0.2) is 9.84 Å². The van der Waals surface area contributed by atoms with Crippen LogP contribution >= 0.6 is 0 Å². The van der Waals surface area contributed by atoms with Crippen molar-refractivity contribution in [2.24, 2.45) is 0 Å². The molecule has 1 unspecified atom stereocenters. The van der Waals surface area contributed by atoms with Crippen LogP contribution in [0.25, 0.3) is 0 Å². The third kappa shape index (κ3) is 7.44. The third-order valence-electron chi connectivity index (χ3n) is 3.67. The highest BCUT2D eigenvalue weighted by atomic mass is 32.2. The van der Waals surface area contributed by atoms with Gasteiger partial charge in [0, 0.05) is 31.9 Å². The van der Waals surface area contributed by atoms with Crippen molar-refractivity contribution < 1.29 is 17.9 Å². The van der Waals surface area contributed by atoms with E-state index < -0.39 is 15.4 Å². The van der Waals surface area contributed by atoms with Crippen LogP contribution in [0.1, 0.15) is 46.2 Å². The van der Waals surface area contributed by atoms with Crippen LogP contribution < -0.4 is 5.32 Å². The lowest BCUT2D eigenvalue weighted by Crippen LogP contribution is -2.40. The Labute approximate surface area is 151 Å². The Balaban J connectivity index is 2.55. The first kappa shape index (κ1) is 21.4. The molecule has 0 aliphatic heterocycles. The molecule has 0 bridgehead atoms. The van der Waals surface area contributed by atoms with E-state index >= 15 is 0 Å². The number of rotatable bonds is 7. The van der Waals surface area contributed by atoms with Gasteiger partial charge in [0.25, 0.3) is 0 Å². The number of hydrogen-bond acceptors (Lipinski definition) is 5. The van der Waals surface area contributed by atoms with Crippen LogP contribution in [0.15, 0.2) is 29.2 Å². The molecule has 0 fully saturated rings. The number of benzene rings is 1. The van der Waals surface area contributed by atoms with Crippen molar-refractivity contribution in [3.63, 3.8) is 0 Å². The molecule has 0 aliphatic rings. The Hall–Kier alpha value is -1.60. The predicted octanol–water partition coefficient (Wildman–Crippen LogP) is 3.00. The number of nitrogens with zero attached hydrogens (tertiary/aromatic N) is 1. The molecule has 1 aromatic rings. The Kier molecular flexibility index (Phi) is 7.44. The summed E-state index contributed by atoms with van der Waals surface area (Å²) in [6.45, 7) is 11.2. The SMILES string of the molecule is CCN(CCNC(C)c1ccc(S(C)(=O)=O)cc1)C(=O)OC(C)(C)C. The minimum Gasteiger partial charge on any atom is -0.444 e. The molecule has 1 atom stereocenters. The van der Waals surface area contributed by atoms with E-state index in [1.807, 2.05) is 34.6 Å². The van der Waals surface area contributed by atoms with Gasteiger partial charge in [0.2, 0.25) is 0 Å². The molecule has 1 aromatic carbocycles. The maximum Gasteiger partial charge on any atom is 0.410 e. The van der Waals surface area contributed by atoms with Crippen LogP contribution in [-0.4, -0.2) is 50.9 Å². The van der Waals surface area contributed by atoms with Crippen molar-refractivity contribution >= 4 is 15.9 Å². The first-order valence-electron chi connectivity index (χ1n) is 8.45. The number of likely N-dealkylation sites (N-methyl/N-ethyl adjacent to an activating group) is 1. The molecule has 142 valence electrons. The van der Waals surface area contributed by atoms with Crippen LogP contribution in [0.4, 0.5) is 4.79 Å². The van der Waals surface area contributed by atoms with Gasteiger partial charge in [-0.1, -0.05) is 12.1 Å². The van der Waals surface area contributed by atoms with Crippen LogP contribution in [0, 0.1) is 0 Å². The highest BCUT2D eigenvalue weighted by Gasteiger charge is 2.20. The molecule has 1 N–H and O–H groups in total. The molecule has 25 heavy (non-hydrogen) atoms. The molecule has 1 rings (SSSR count). The third-order valence-corrected chi connectivity index (χ3v) is 4.80. The summed E-state index contributed by atoms with van der Waals surface area (Å²) >= 11 is 0. The zero-order valence-corrected chi connectivity index (χ0v) is 16.8. The molecule has 7 heteroatoms. The second kappa shape index (κ2) is 8.67. The number of hydrogen-bond donors (Lipinski definition) is 1. The minimum atomic E-state index is -3.18. The van der Waals surface area contributed by atoms with E-state index in [9.17, 15) is 13.2 Å². The summed E-state index contributed by atoms with van der Waals surface area (Å²) < 4.78 is 28.4. The average Bonchev–Trinajstić information content (AvgIpc) is 2.48. The number of carbonyl (C=O) groups is 1. The van der Waals surface area contributed by atoms with Crippen molar-refractivity contribution in [3.8, 4) is 0 Å². The maximum absolute atomic E-state index is 12.1. The molecule has 0 aliphatic carbocycles. The van der Waals surface area contributed by atoms with Gasteiger partial charge in [-0.25, -0.2) is 13.2 Å². The van der Waals surface area contributed by atoms with Crippen LogP contribution in [0.3, 0.4) is 0 Å². The normalized spacial score (nSPS) is 13.4. The summed E-state index contributed by atoms with van der Waals surface area (Å²) in [5.74, 6) is 0. The van der Waals surface area contributed by atoms with Crippen LogP contribution in [0.2, 0.25) is 0 Å². The smallest absolute Gasteiger partial charge is 0.410 e. The largest absolute Gasteiger partial charge is 0.444 e. The van der Waals surface area contributed by atoms with Gasteiger partial charge in [-0.3, -0.25) is 0 Å². The van der Waals surface area contributed by atoms with Gasteiger partial charge in [-0.15, -0.1) is 0 Å².